The molecule has 1 aromatic carbocycles. The first-order chi connectivity index (χ1) is 11.9. The Balaban J connectivity index is 1.76. The molecular formula is C18H29N5O2. The second kappa shape index (κ2) is 9.39. The van der Waals surface area contributed by atoms with Crippen molar-refractivity contribution < 1.29 is 9.59 Å². The SMILES string of the molecule is CN(C)CC(=O)Nc1cccc(NC(=O)NCCC2CCCN2C)c1. The molecule has 7 nitrogen and oxygen atoms in total. The Labute approximate surface area is 149 Å². The first-order valence-corrected chi connectivity index (χ1v) is 8.74. The van der Waals surface area contributed by atoms with E-state index in [1.165, 1.54) is 12.8 Å². The van der Waals surface area contributed by atoms with Crippen LogP contribution in [0.2, 0.25) is 0 Å². The van der Waals surface area contributed by atoms with E-state index in [2.05, 4.69) is 27.9 Å². The van der Waals surface area contributed by atoms with E-state index < -0.39 is 0 Å². The molecule has 1 atom stereocenters. The lowest BCUT2D eigenvalue weighted by Crippen LogP contribution is -2.34. The van der Waals surface area contributed by atoms with Crippen molar-refractivity contribution in [1.82, 2.24) is 15.1 Å². The summed E-state index contributed by atoms with van der Waals surface area (Å²) in [4.78, 5) is 28.0. The number of amides is 3. The highest BCUT2D eigenvalue weighted by molar-refractivity contribution is 5.94. The third-order valence-corrected chi connectivity index (χ3v) is 4.30. The maximum atomic E-state index is 12.0. The van der Waals surface area contributed by atoms with E-state index in [-0.39, 0.29) is 11.9 Å². The van der Waals surface area contributed by atoms with E-state index in [1.807, 2.05) is 14.1 Å². The number of hydrogen-bond donors (Lipinski definition) is 3. The highest BCUT2D eigenvalue weighted by Crippen LogP contribution is 2.17. The average Bonchev–Trinajstić information content (AvgIpc) is 2.92. The summed E-state index contributed by atoms with van der Waals surface area (Å²) in [5.74, 6) is -0.0905. The van der Waals surface area contributed by atoms with Crippen LogP contribution in [0.1, 0.15) is 19.3 Å². The summed E-state index contributed by atoms with van der Waals surface area (Å²) >= 11 is 0. The van der Waals surface area contributed by atoms with Gasteiger partial charge < -0.3 is 25.8 Å². The molecule has 1 aliphatic heterocycles. The van der Waals surface area contributed by atoms with Gasteiger partial charge >= 0.3 is 6.03 Å². The lowest BCUT2D eigenvalue weighted by atomic mass is 10.1. The maximum absolute atomic E-state index is 12.0. The number of likely N-dealkylation sites (N-methyl/N-ethyl adjacent to an activating group) is 1. The second-order valence-corrected chi connectivity index (χ2v) is 6.81. The van der Waals surface area contributed by atoms with Gasteiger partial charge in [0.2, 0.25) is 5.91 Å². The summed E-state index contributed by atoms with van der Waals surface area (Å²) in [6.45, 7) is 2.11. The fourth-order valence-electron chi connectivity index (χ4n) is 3.03. The van der Waals surface area contributed by atoms with Crippen molar-refractivity contribution in [3.63, 3.8) is 0 Å². The van der Waals surface area contributed by atoms with Gasteiger partial charge in [-0.05, 0) is 65.1 Å². The van der Waals surface area contributed by atoms with Gasteiger partial charge in [-0.15, -0.1) is 0 Å². The number of likely N-dealkylation sites (tertiary alicyclic amines) is 1. The number of carbonyl (C=O) groups excluding carboxylic acids is 2. The molecule has 0 radical (unpaired) electrons. The standard InChI is InChI=1S/C18H29N5O2/c1-22(2)13-17(24)20-14-6-4-7-15(12-14)21-18(25)19-10-9-16-8-5-11-23(16)3/h4,6-7,12,16H,5,8-11,13H2,1-3H3,(H,20,24)(H2,19,21,25). The number of anilines is 2. The summed E-state index contributed by atoms with van der Waals surface area (Å²) in [5.41, 5.74) is 1.32. The van der Waals surface area contributed by atoms with Gasteiger partial charge in [-0.1, -0.05) is 6.07 Å². The average molecular weight is 347 g/mol. The number of carbonyl (C=O) groups is 2. The van der Waals surface area contributed by atoms with Crippen molar-refractivity contribution in [3.8, 4) is 0 Å². The third-order valence-electron chi connectivity index (χ3n) is 4.30. The third kappa shape index (κ3) is 6.72. The van der Waals surface area contributed by atoms with Crippen LogP contribution in [-0.2, 0) is 4.79 Å². The largest absolute Gasteiger partial charge is 0.338 e. The van der Waals surface area contributed by atoms with Gasteiger partial charge in [-0.2, -0.15) is 0 Å². The molecule has 3 N–H and O–H groups in total. The minimum atomic E-state index is -0.225. The molecule has 1 aromatic rings. The first-order valence-electron chi connectivity index (χ1n) is 8.74. The number of hydrogen-bond acceptors (Lipinski definition) is 4. The summed E-state index contributed by atoms with van der Waals surface area (Å²) in [5, 5.41) is 8.52. The molecule has 0 saturated carbocycles. The van der Waals surface area contributed by atoms with Crippen molar-refractivity contribution in [2.45, 2.75) is 25.3 Å². The van der Waals surface area contributed by atoms with Gasteiger partial charge in [0.15, 0.2) is 0 Å². The van der Waals surface area contributed by atoms with Gasteiger partial charge in [0.05, 0.1) is 6.54 Å². The zero-order chi connectivity index (χ0) is 18.2. The maximum Gasteiger partial charge on any atom is 0.319 e. The van der Waals surface area contributed by atoms with E-state index in [0.29, 0.717) is 30.5 Å². The van der Waals surface area contributed by atoms with Crippen LogP contribution in [-0.4, -0.2) is 68.6 Å². The molecule has 138 valence electrons. The molecule has 0 spiro atoms. The van der Waals surface area contributed by atoms with Crippen molar-refractivity contribution in [1.29, 1.82) is 0 Å². The van der Waals surface area contributed by atoms with Crippen LogP contribution >= 0.6 is 0 Å². The Bertz CT molecular complexity index is 591. The molecule has 7 heteroatoms. The summed E-state index contributed by atoms with van der Waals surface area (Å²) in [7, 11) is 5.81. The van der Waals surface area contributed by atoms with Crippen LogP contribution in [0.15, 0.2) is 24.3 Å². The predicted molar refractivity (Wildman–Crippen MR) is 101 cm³/mol. The highest BCUT2D eigenvalue weighted by Gasteiger charge is 2.20. The van der Waals surface area contributed by atoms with Crippen LogP contribution in [0.25, 0.3) is 0 Å². The number of urea groups is 1. The first kappa shape index (κ1) is 19.2. The number of nitrogens with one attached hydrogen (secondary N) is 3. The molecule has 0 aromatic heterocycles. The molecule has 1 aliphatic rings. The van der Waals surface area contributed by atoms with Gasteiger partial charge in [-0.25, -0.2) is 4.79 Å². The van der Waals surface area contributed by atoms with E-state index in [4.69, 9.17) is 0 Å². The Hall–Kier alpha value is -2.12. The molecule has 1 heterocycles. The normalized spacial score (nSPS) is 17.5. The summed E-state index contributed by atoms with van der Waals surface area (Å²) in [6, 6.07) is 7.48. The van der Waals surface area contributed by atoms with Crippen LogP contribution in [0.4, 0.5) is 16.2 Å². The van der Waals surface area contributed by atoms with Crippen molar-refractivity contribution >= 4 is 23.3 Å². The molecule has 25 heavy (non-hydrogen) atoms. The number of rotatable bonds is 7. The molecule has 1 fully saturated rings. The molecular weight excluding hydrogens is 318 g/mol. The predicted octanol–water partition coefficient (Wildman–Crippen LogP) is 1.79. The lowest BCUT2D eigenvalue weighted by Gasteiger charge is -2.19. The number of benzene rings is 1. The van der Waals surface area contributed by atoms with E-state index >= 15 is 0 Å². The minimum Gasteiger partial charge on any atom is -0.338 e. The Morgan fingerprint density at radius 2 is 1.96 bits per heavy atom. The van der Waals surface area contributed by atoms with Crippen LogP contribution in [0.5, 0.6) is 0 Å². The highest BCUT2D eigenvalue weighted by atomic mass is 16.2. The number of nitrogens with zero attached hydrogens (tertiary/aromatic N) is 2. The van der Waals surface area contributed by atoms with Crippen molar-refractivity contribution in [2.24, 2.45) is 0 Å². The van der Waals surface area contributed by atoms with Crippen molar-refractivity contribution in [3.05, 3.63) is 24.3 Å². The molecule has 0 aliphatic carbocycles. The molecule has 3 amide bonds. The molecule has 1 unspecified atom stereocenters. The smallest absolute Gasteiger partial charge is 0.319 e. The Morgan fingerprint density at radius 1 is 1.24 bits per heavy atom. The van der Waals surface area contributed by atoms with Gasteiger partial charge in [-0.3, -0.25) is 4.79 Å². The monoisotopic (exact) mass is 347 g/mol. The zero-order valence-corrected chi connectivity index (χ0v) is 15.3. The van der Waals surface area contributed by atoms with Crippen LogP contribution in [0.3, 0.4) is 0 Å². The zero-order valence-electron chi connectivity index (χ0n) is 15.3. The second-order valence-electron chi connectivity index (χ2n) is 6.81. The Morgan fingerprint density at radius 3 is 2.60 bits per heavy atom. The van der Waals surface area contributed by atoms with Crippen molar-refractivity contribution in [2.75, 3.05) is 51.4 Å². The topological polar surface area (TPSA) is 76.7 Å². The van der Waals surface area contributed by atoms with E-state index in [9.17, 15) is 9.59 Å². The van der Waals surface area contributed by atoms with Gasteiger partial charge in [0.1, 0.15) is 0 Å². The molecule has 2 rings (SSSR count). The fraction of sp³-hybridized carbons (Fsp3) is 0.556. The fourth-order valence-corrected chi connectivity index (χ4v) is 3.03. The lowest BCUT2D eigenvalue weighted by molar-refractivity contribution is -0.116. The van der Waals surface area contributed by atoms with E-state index in [0.717, 1.165) is 13.0 Å². The Kier molecular flexibility index (Phi) is 7.21. The van der Waals surface area contributed by atoms with Gasteiger partial charge in [0.25, 0.3) is 0 Å². The quantitative estimate of drug-likeness (QED) is 0.703. The van der Waals surface area contributed by atoms with E-state index in [1.54, 1.807) is 29.2 Å². The minimum absolute atomic E-state index is 0.0905. The van der Waals surface area contributed by atoms with Crippen LogP contribution < -0.4 is 16.0 Å². The molecule has 0 bridgehead atoms. The van der Waals surface area contributed by atoms with Crippen LogP contribution in [0, 0.1) is 0 Å². The van der Waals surface area contributed by atoms with Gasteiger partial charge in [0, 0.05) is 24.0 Å². The molecule has 1 saturated heterocycles. The summed E-state index contributed by atoms with van der Waals surface area (Å²) < 4.78 is 0. The summed E-state index contributed by atoms with van der Waals surface area (Å²) in [6.07, 6.45) is 3.40.